The Morgan fingerprint density at radius 1 is 1.22 bits per heavy atom. The number of hydrogen-bond donors (Lipinski definition) is 1. The highest BCUT2D eigenvalue weighted by atomic mass is 16.5. The minimum atomic E-state index is -0.526. The van der Waals surface area contributed by atoms with Crippen LogP contribution in [0.2, 0.25) is 0 Å². The van der Waals surface area contributed by atoms with E-state index in [-0.39, 0.29) is 5.91 Å². The van der Waals surface area contributed by atoms with Crippen molar-refractivity contribution in [2.75, 3.05) is 19.7 Å². The maximum absolute atomic E-state index is 12.9. The first kappa shape index (κ1) is 15.2. The zero-order chi connectivity index (χ0) is 15.9. The van der Waals surface area contributed by atoms with Crippen LogP contribution in [0.5, 0.6) is 0 Å². The van der Waals surface area contributed by atoms with Gasteiger partial charge in [0.2, 0.25) is 0 Å². The summed E-state index contributed by atoms with van der Waals surface area (Å²) in [5, 5.41) is 10.3. The molecule has 1 aromatic rings. The quantitative estimate of drug-likeness (QED) is 0.865. The summed E-state index contributed by atoms with van der Waals surface area (Å²) in [4.78, 5) is 14.8. The third-order valence-corrected chi connectivity index (χ3v) is 5.75. The number of ether oxygens (including phenoxy) is 1. The number of aliphatic hydroxyl groups is 1. The van der Waals surface area contributed by atoms with Crippen LogP contribution in [0.3, 0.4) is 0 Å². The number of carbonyl (C=O) groups excluding carboxylic acids is 1. The molecular weight excluding hydrogens is 290 g/mol. The first-order chi connectivity index (χ1) is 11.2. The Morgan fingerprint density at radius 2 is 2.04 bits per heavy atom. The van der Waals surface area contributed by atoms with Crippen LogP contribution < -0.4 is 0 Å². The molecule has 4 rings (SSSR count). The normalized spacial score (nSPS) is 30.5. The molecule has 2 aliphatic heterocycles. The summed E-state index contributed by atoms with van der Waals surface area (Å²) in [6, 6.07) is 6.19. The van der Waals surface area contributed by atoms with E-state index in [1.807, 2.05) is 11.0 Å². The van der Waals surface area contributed by atoms with Crippen LogP contribution in [0.15, 0.2) is 18.2 Å². The smallest absolute Gasteiger partial charge is 0.253 e. The molecule has 3 aliphatic rings. The molecule has 0 radical (unpaired) electrons. The molecule has 0 aromatic heterocycles. The summed E-state index contributed by atoms with van der Waals surface area (Å²) in [6.07, 6.45) is 6.68. The lowest BCUT2D eigenvalue weighted by molar-refractivity contribution is -0.124. The van der Waals surface area contributed by atoms with Crippen molar-refractivity contribution in [2.45, 2.75) is 56.7 Å². The van der Waals surface area contributed by atoms with Crippen LogP contribution in [0.25, 0.3) is 0 Å². The van der Waals surface area contributed by atoms with Crippen molar-refractivity contribution >= 4 is 5.91 Å². The van der Waals surface area contributed by atoms with E-state index in [1.54, 1.807) is 0 Å². The predicted molar refractivity (Wildman–Crippen MR) is 87.5 cm³/mol. The second-order valence-electron chi connectivity index (χ2n) is 7.24. The van der Waals surface area contributed by atoms with Crippen LogP contribution in [0, 0.1) is 0 Å². The van der Waals surface area contributed by atoms with Gasteiger partial charge in [-0.3, -0.25) is 4.79 Å². The van der Waals surface area contributed by atoms with Crippen molar-refractivity contribution in [3.8, 4) is 0 Å². The van der Waals surface area contributed by atoms with E-state index in [4.69, 9.17) is 4.74 Å². The fourth-order valence-electron chi connectivity index (χ4n) is 4.38. The number of aryl methyl sites for hydroxylation is 2. The number of nitrogens with zero attached hydrogens (tertiary/aromatic N) is 1. The summed E-state index contributed by atoms with van der Waals surface area (Å²) < 4.78 is 5.86. The Balaban J connectivity index is 1.54. The van der Waals surface area contributed by atoms with Gasteiger partial charge in [-0.15, -0.1) is 0 Å². The van der Waals surface area contributed by atoms with Crippen molar-refractivity contribution in [1.82, 2.24) is 4.90 Å². The number of aliphatic hydroxyl groups excluding tert-OH is 1. The molecule has 1 N–H and O–H groups in total. The molecule has 0 saturated carbocycles. The first-order valence-electron chi connectivity index (χ1n) is 8.91. The van der Waals surface area contributed by atoms with Crippen molar-refractivity contribution in [1.29, 1.82) is 0 Å². The van der Waals surface area contributed by atoms with E-state index < -0.39 is 11.7 Å². The van der Waals surface area contributed by atoms with Gasteiger partial charge in [0.25, 0.3) is 5.91 Å². The van der Waals surface area contributed by atoms with Gasteiger partial charge in [-0.1, -0.05) is 6.07 Å². The van der Waals surface area contributed by atoms with Crippen LogP contribution >= 0.6 is 0 Å². The lowest BCUT2D eigenvalue weighted by Gasteiger charge is -2.43. The average molecular weight is 315 g/mol. The molecule has 0 unspecified atom stereocenters. The fourth-order valence-corrected chi connectivity index (χ4v) is 4.38. The SMILES string of the molecule is O=C(c1ccc2c(c1)CCCC2)N1CC[C@H](O)[C@]2(CCCO2)C1. The van der Waals surface area contributed by atoms with Gasteiger partial charge in [-0.25, -0.2) is 0 Å². The van der Waals surface area contributed by atoms with Crippen LogP contribution in [0.1, 0.15) is 53.6 Å². The van der Waals surface area contributed by atoms with Crippen LogP contribution in [-0.2, 0) is 17.6 Å². The van der Waals surface area contributed by atoms with Crippen molar-refractivity contribution in [3.63, 3.8) is 0 Å². The topological polar surface area (TPSA) is 49.8 Å². The van der Waals surface area contributed by atoms with Crippen molar-refractivity contribution < 1.29 is 14.6 Å². The number of fused-ring (bicyclic) bond motifs is 1. The van der Waals surface area contributed by atoms with E-state index in [1.165, 1.54) is 24.0 Å². The van der Waals surface area contributed by atoms with E-state index in [0.29, 0.717) is 26.1 Å². The summed E-state index contributed by atoms with van der Waals surface area (Å²) in [6.45, 7) is 1.82. The molecule has 2 heterocycles. The van der Waals surface area contributed by atoms with Gasteiger partial charge in [-0.2, -0.15) is 0 Å². The number of likely N-dealkylation sites (tertiary alicyclic amines) is 1. The molecule has 2 fully saturated rings. The van der Waals surface area contributed by atoms with Gasteiger partial charge in [0.15, 0.2) is 0 Å². The fraction of sp³-hybridized carbons (Fsp3) is 0.632. The molecule has 1 aromatic carbocycles. The average Bonchev–Trinajstić information content (AvgIpc) is 3.06. The highest BCUT2D eigenvalue weighted by molar-refractivity contribution is 5.94. The number of hydrogen-bond acceptors (Lipinski definition) is 3. The van der Waals surface area contributed by atoms with Crippen molar-refractivity contribution in [3.05, 3.63) is 34.9 Å². The Labute approximate surface area is 137 Å². The first-order valence-corrected chi connectivity index (χ1v) is 8.91. The third kappa shape index (κ3) is 2.68. The summed E-state index contributed by atoms with van der Waals surface area (Å²) in [5.41, 5.74) is 3.00. The molecule has 124 valence electrons. The van der Waals surface area contributed by atoms with Crippen LogP contribution in [0.4, 0.5) is 0 Å². The standard InChI is InChI=1S/C19H25NO3/c21-17-8-10-20(13-19(17)9-3-11-23-19)18(22)16-7-6-14-4-1-2-5-15(14)12-16/h6-7,12,17,21H,1-5,8-11,13H2/t17-,19-/m0/s1. The molecule has 1 spiro atoms. The maximum atomic E-state index is 12.9. The Morgan fingerprint density at radius 3 is 2.83 bits per heavy atom. The second-order valence-corrected chi connectivity index (χ2v) is 7.24. The van der Waals surface area contributed by atoms with E-state index in [2.05, 4.69) is 12.1 Å². The highest BCUT2D eigenvalue weighted by Crippen LogP contribution is 2.35. The Bertz CT molecular complexity index is 607. The monoisotopic (exact) mass is 315 g/mol. The summed E-state index contributed by atoms with van der Waals surface area (Å²) in [5.74, 6) is 0.0835. The number of rotatable bonds is 1. The molecule has 1 amide bonds. The van der Waals surface area contributed by atoms with Crippen molar-refractivity contribution in [2.24, 2.45) is 0 Å². The molecule has 4 heteroatoms. The van der Waals surface area contributed by atoms with Gasteiger partial charge in [0.05, 0.1) is 12.6 Å². The maximum Gasteiger partial charge on any atom is 0.253 e. The number of carbonyl (C=O) groups is 1. The second kappa shape index (κ2) is 5.91. The Hall–Kier alpha value is -1.39. The van der Waals surface area contributed by atoms with Gasteiger partial charge in [-0.05, 0) is 68.2 Å². The van der Waals surface area contributed by atoms with Gasteiger partial charge in [0, 0.05) is 18.7 Å². The number of piperidine rings is 1. The molecular formula is C19H25NO3. The lowest BCUT2D eigenvalue weighted by atomic mass is 9.86. The molecule has 23 heavy (non-hydrogen) atoms. The van der Waals surface area contributed by atoms with Gasteiger partial charge >= 0.3 is 0 Å². The molecule has 0 bridgehead atoms. The lowest BCUT2D eigenvalue weighted by Crippen LogP contribution is -2.57. The summed E-state index contributed by atoms with van der Waals surface area (Å²) in [7, 11) is 0. The third-order valence-electron chi connectivity index (χ3n) is 5.75. The molecule has 4 nitrogen and oxygen atoms in total. The predicted octanol–water partition coefficient (Wildman–Crippen LogP) is 2.32. The largest absolute Gasteiger partial charge is 0.390 e. The van der Waals surface area contributed by atoms with E-state index in [9.17, 15) is 9.90 Å². The number of amides is 1. The highest BCUT2D eigenvalue weighted by Gasteiger charge is 2.47. The van der Waals surface area contributed by atoms with Gasteiger partial charge in [0.1, 0.15) is 5.60 Å². The molecule has 1 aliphatic carbocycles. The van der Waals surface area contributed by atoms with E-state index >= 15 is 0 Å². The molecule has 2 saturated heterocycles. The zero-order valence-electron chi connectivity index (χ0n) is 13.6. The summed E-state index contributed by atoms with van der Waals surface area (Å²) >= 11 is 0. The number of benzene rings is 1. The van der Waals surface area contributed by atoms with E-state index in [0.717, 1.165) is 31.2 Å². The minimum absolute atomic E-state index is 0.0835. The minimum Gasteiger partial charge on any atom is -0.390 e. The Kier molecular flexibility index (Phi) is 3.90. The molecule has 2 atom stereocenters. The van der Waals surface area contributed by atoms with Gasteiger partial charge < -0.3 is 14.7 Å². The zero-order valence-corrected chi connectivity index (χ0v) is 13.6. The van der Waals surface area contributed by atoms with Crippen LogP contribution in [-0.4, -0.2) is 47.3 Å².